The minimum atomic E-state index is -4.00. The number of anilines is 1. The summed E-state index contributed by atoms with van der Waals surface area (Å²) in [5, 5.41) is 2.86. The summed E-state index contributed by atoms with van der Waals surface area (Å²) in [7, 11) is -4.00. The number of hydrogen-bond donors (Lipinski definition) is 1. The van der Waals surface area contributed by atoms with Crippen LogP contribution in [0.5, 0.6) is 17.2 Å². The summed E-state index contributed by atoms with van der Waals surface area (Å²) in [4.78, 5) is 13.0. The number of nitrogens with zero attached hydrogens (tertiary/aromatic N) is 1. The van der Waals surface area contributed by atoms with Crippen LogP contribution in [-0.2, 0) is 21.2 Å². The van der Waals surface area contributed by atoms with E-state index in [0.29, 0.717) is 50.0 Å². The van der Waals surface area contributed by atoms with Gasteiger partial charge in [-0.2, -0.15) is 0 Å². The molecule has 0 aliphatic carbocycles. The molecule has 0 aromatic heterocycles. The van der Waals surface area contributed by atoms with Crippen molar-refractivity contribution >= 4 is 21.6 Å². The minimum absolute atomic E-state index is 0.0985. The Morgan fingerprint density at radius 1 is 0.973 bits per heavy atom. The van der Waals surface area contributed by atoms with Crippen LogP contribution in [0.4, 0.5) is 5.69 Å². The van der Waals surface area contributed by atoms with E-state index < -0.39 is 15.9 Å². The average molecular weight is 525 g/mol. The van der Waals surface area contributed by atoms with Crippen molar-refractivity contribution in [3.05, 3.63) is 78.4 Å². The molecule has 3 aromatic rings. The molecule has 1 N–H and O–H groups in total. The molecule has 0 atom stereocenters. The van der Waals surface area contributed by atoms with Crippen LogP contribution in [-0.4, -0.2) is 47.2 Å². The average Bonchev–Trinajstić information content (AvgIpc) is 2.93. The lowest BCUT2D eigenvalue weighted by Crippen LogP contribution is -2.41. The van der Waals surface area contributed by atoms with Crippen molar-refractivity contribution in [3.63, 3.8) is 0 Å². The smallest absolute Gasteiger partial charge is 0.264 e. The lowest BCUT2D eigenvalue weighted by molar-refractivity contribution is -0.119. The molecule has 0 radical (unpaired) electrons. The Hall–Kier alpha value is -3.72. The predicted molar refractivity (Wildman–Crippen MR) is 142 cm³/mol. The van der Waals surface area contributed by atoms with Crippen molar-refractivity contribution in [2.45, 2.75) is 31.1 Å². The summed E-state index contributed by atoms with van der Waals surface area (Å²) in [5.74, 6) is 1.44. The van der Waals surface area contributed by atoms with Gasteiger partial charge in [0.1, 0.15) is 25.5 Å². The van der Waals surface area contributed by atoms with Crippen LogP contribution in [0.1, 0.15) is 25.3 Å². The first-order valence-corrected chi connectivity index (χ1v) is 13.9. The van der Waals surface area contributed by atoms with Crippen molar-refractivity contribution in [2.24, 2.45) is 0 Å². The summed E-state index contributed by atoms with van der Waals surface area (Å²) in [6, 6.07) is 20.8. The van der Waals surface area contributed by atoms with E-state index >= 15 is 0 Å². The van der Waals surface area contributed by atoms with E-state index in [1.54, 1.807) is 36.4 Å². The highest BCUT2D eigenvalue weighted by Crippen LogP contribution is 2.35. The first kappa shape index (κ1) is 26.3. The van der Waals surface area contributed by atoms with Gasteiger partial charge in [0.25, 0.3) is 10.0 Å². The lowest BCUT2D eigenvalue weighted by Gasteiger charge is -2.26. The highest BCUT2D eigenvalue weighted by Gasteiger charge is 2.28. The van der Waals surface area contributed by atoms with Crippen molar-refractivity contribution in [2.75, 3.05) is 37.2 Å². The van der Waals surface area contributed by atoms with Gasteiger partial charge in [-0.25, -0.2) is 8.42 Å². The first-order chi connectivity index (χ1) is 18.0. The molecule has 1 heterocycles. The number of hydrogen-bond acceptors (Lipinski definition) is 6. The Bertz CT molecular complexity index is 1300. The number of rotatable bonds is 12. The largest absolute Gasteiger partial charge is 0.493 e. The second-order valence-corrected chi connectivity index (χ2v) is 10.4. The Labute approximate surface area is 218 Å². The zero-order chi connectivity index (χ0) is 26.1. The standard InChI is InChI=1S/C28H32N2O6S/c1-2-17-34-25-13-7-6-9-22(25)10-8-16-29-28(31)21-30(37(32,33)24-11-4-3-5-12-24)23-14-15-26-27(20-23)36-19-18-35-26/h3-7,9,11-15,20H,2,8,10,16-19,21H2,1H3,(H,29,31). The van der Waals surface area contributed by atoms with Crippen LogP contribution in [0.25, 0.3) is 0 Å². The third-order valence-electron chi connectivity index (χ3n) is 5.81. The Morgan fingerprint density at radius 2 is 1.70 bits per heavy atom. The van der Waals surface area contributed by atoms with Gasteiger partial charge in [0, 0.05) is 12.6 Å². The number of amides is 1. The van der Waals surface area contributed by atoms with Gasteiger partial charge >= 0.3 is 0 Å². The van der Waals surface area contributed by atoms with Gasteiger partial charge in [-0.15, -0.1) is 0 Å². The van der Waals surface area contributed by atoms with Gasteiger partial charge in [0.15, 0.2) is 11.5 Å². The number of sulfonamides is 1. The quantitative estimate of drug-likeness (QED) is 0.357. The molecule has 1 amide bonds. The molecule has 0 fully saturated rings. The van der Waals surface area contributed by atoms with Crippen LogP contribution in [0.2, 0.25) is 0 Å². The van der Waals surface area contributed by atoms with Crippen LogP contribution in [0.15, 0.2) is 77.7 Å². The van der Waals surface area contributed by atoms with Crippen molar-refractivity contribution in [3.8, 4) is 17.2 Å². The van der Waals surface area contributed by atoms with Crippen LogP contribution < -0.4 is 23.8 Å². The summed E-state index contributed by atoms with van der Waals surface area (Å²) in [5.41, 5.74) is 1.40. The molecular formula is C28H32N2O6S. The van der Waals surface area contributed by atoms with Crippen LogP contribution in [0, 0.1) is 0 Å². The zero-order valence-electron chi connectivity index (χ0n) is 20.9. The maximum atomic E-state index is 13.5. The van der Waals surface area contributed by atoms with Crippen LogP contribution in [0.3, 0.4) is 0 Å². The highest BCUT2D eigenvalue weighted by atomic mass is 32.2. The monoisotopic (exact) mass is 524 g/mol. The Balaban J connectivity index is 1.44. The van der Waals surface area contributed by atoms with Gasteiger partial charge in [0.2, 0.25) is 5.91 Å². The molecule has 0 unspecified atom stereocenters. The fourth-order valence-electron chi connectivity index (χ4n) is 3.98. The summed E-state index contributed by atoms with van der Waals surface area (Å²) in [6.07, 6.45) is 2.35. The molecule has 1 aliphatic rings. The van der Waals surface area contributed by atoms with E-state index in [1.807, 2.05) is 24.3 Å². The summed E-state index contributed by atoms with van der Waals surface area (Å²) < 4.78 is 45.2. The molecule has 196 valence electrons. The molecular weight excluding hydrogens is 492 g/mol. The van der Waals surface area contributed by atoms with Gasteiger partial charge in [-0.05, 0) is 55.2 Å². The third kappa shape index (κ3) is 6.74. The highest BCUT2D eigenvalue weighted by molar-refractivity contribution is 7.92. The topological polar surface area (TPSA) is 94.2 Å². The van der Waals surface area contributed by atoms with Crippen molar-refractivity contribution in [1.29, 1.82) is 0 Å². The molecule has 0 saturated carbocycles. The zero-order valence-corrected chi connectivity index (χ0v) is 21.7. The Morgan fingerprint density at radius 3 is 2.49 bits per heavy atom. The number of ether oxygens (including phenoxy) is 3. The van der Waals surface area contributed by atoms with Crippen molar-refractivity contribution in [1.82, 2.24) is 5.32 Å². The van der Waals surface area contributed by atoms with E-state index in [-0.39, 0.29) is 11.4 Å². The number of carbonyl (C=O) groups is 1. The van der Waals surface area contributed by atoms with Crippen LogP contribution >= 0.6 is 0 Å². The molecule has 9 heteroatoms. The van der Waals surface area contributed by atoms with E-state index in [2.05, 4.69) is 12.2 Å². The normalized spacial score (nSPS) is 12.6. The van der Waals surface area contributed by atoms with E-state index in [0.717, 1.165) is 28.5 Å². The van der Waals surface area contributed by atoms with E-state index in [1.165, 1.54) is 12.1 Å². The summed E-state index contributed by atoms with van der Waals surface area (Å²) >= 11 is 0. The minimum Gasteiger partial charge on any atom is -0.493 e. The molecule has 37 heavy (non-hydrogen) atoms. The fraction of sp³-hybridized carbons (Fsp3) is 0.321. The molecule has 3 aromatic carbocycles. The Kier molecular flexibility index (Phi) is 8.90. The third-order valence-corrected chi connectivity index (χ3v) is 7.60. The van der Waals surface area contributed by atoms with Gasteiger partial charge in [-0.3, -0.25) is 9.10 Å². The van der Waals surface area contributed by atoms with Gasteiger partial charge in [-0.1, -0.05) is 43.3 Å². The van der Waals surface area contributed by atoms with E-state index in [9.17, 15) is 13.2 Å². The molecule has 0 saturated heterocycles. The maximum Gasteiger partial charge on any atom is 0.264 e. The lowest BCUT2D eigenvalue weighted by atomic mass is 10.1. The molecule has 1 aliphatic heterocycles. The second-order valence-electron chi connectivity index (χ2n) is 8.56. The number of aryl methyl sites for hydroxylation is 1. The number of benzene rings is 3. The molecule has 4 rings (SSSR count). The number of carbonyl (C=O) groups excluding carboxylic acids is 1. The van der Waals surface area contributed by atoms with Crippen molar-refractivity contribution < 1.29 is 27.4 Å². The van der Waals surface area contributed by atoms with E-state index in [4.69, 9.17) is 14.2 Å². The molecule has 0 spiro atoms. The summed E-state index contributed by atoms with van der Waals surface area (Å²) in [6.45, 7) is 3.54. The number of fused-ring (bicyclic) bond motifs is 1. The van der Waals surface area contributed by atoms with Gasteiger partial charge in [0.05, 0.1) is 17.2 Å². The maximum absolute atomic E-state index is 13.5. The SMILES string of the molecule is CCCOc1ccccc1CCCNC(=O)CN(c1ccc2c(c1)OCCO2)S(=O)(=O)c1ccccc1. The fourth-order valence-corrected chi connectivity index (χ4v) is 5.41. The number of para-hydroxylation sites is 1. The first-order valence-electron chi connectivity index (χ1n) is 12.4. The molecule has 8 nitrogen and oxygen atoms in total. The van der Waals surface area contributed by atoms with Gasteiger partial charge < -0.3 is 19.5 Å². The predicted octanol–water partition coefficient (Wildman–Crippen LogP) is 4.19. The number of nitrogens with one attached hydrogen (secondary N) is 1. The second kappa shape index (κ2) is 12.5. The molecule has 0 bridgehead atoms.